The summed E-state index contributed by atoms with van der Waals surface area (Å²) in [7, 11) is 4.23. The third kappa shape index (κ3) is 7.68. The number of carboxylic acids is 1. The number of para-hydroxylation sites is 1. The molecule has 1 aliphatic heterocycles. The van der Waals surface area contributed by atoms with E-state index < -0.39 is 5.97 Å². The van der Waals surface area contributed by atoms with Gasteiger partial charge in [0.25, 0.3) is 0 Å². The first kappa shape index (κ1) is 30.1. The molecular formula is C28H31ClKN2O2S-. The van der Waals surface area contributed by atoms with E-state index >= 15 is 0 Å². The van der Waals surface area contributed by atoms with Gasteiger partial charge in [-0.25, -0.2) is 4.79 Å². The van der Waals surface area contributed by atoms with Crippen molar-refractivity contribution >= 4 is 47.3 Å². The van der Waals surface area contributed by atoms with Crippen molar-refractivity contribution in [2.24, 2.45) is 0 Å². The molecule has 4 nitrogen and oxygen atoms in total. The Bertz CT molecular complexity index is 1120. The first-order valence-electron chi connectivity index (χ1n) is 11.7. The summed E-state index contributed by atoms with van der Waals surface area (Å²) in [6, 6.07) is 19.0. The van der Waals surface area contributed by atoms with Crippen LogP contribution in [0.2, 0.25) is 5.02 Å². The molecular weight excluding hydrogens is 503 g/mol. The monoisotopic (exact) mass is 533 g/mol. The number of rotatable bonds is 5. The fraction of sp³-hybridized carbons (Fsp3) is 0.286. The Hall–Kier alpha value is -1.12. The van der Waals surface area contributed by atoms with Gasteiger partial charge in [-0.2, -0.15) is 4.90 Å². The van der Waals surface area contributed by atoms with Gasteiger partial charge in [0, 0.05) is 30.0 Å². The SMILES string of the molecule is CCC.[CH2-]N(c1ccccc1)c1cc(N2CCCCC2)c(-c2ccc(Cl)c(C(=O)O)c2)cc1[S-].[K+]. The molecule has 0 amide bonds. The second-order valence-electron chi connectivity index (χ2n) is 8.36. The Morgan fingerprint density at radius 2 is 1.69 bits per heavy atom. The van der Waals surface area contributed by atoms with Crippen LogP contribution in [0, 0.1) is 7.05 Å². The molecule has 1 saturated heterocycles. The Morgan fingerprint density at radius 3 is 2.29 bits per heavy atom. The van der Waals surface area contributed by atoms with Crippen LogP contribution in [0.15, 0.2) is 65.6 Å². The summed E-state index contributed by atoms with van der Waals surface area (Å²) in [5, 5.41) is 9.74. The minimum atomic E-state index is -1.05. The third-order valence-electron chi connectivity index (χ3n) is 5.64. The topological polar surface area (TPSA) is 43.8 Å². The van der Waals surface area contributed by atoms with Crippen molar-refractivity contribution in [3.8, 4) is 11.1 Å². The summed E-state index contributed by atoms with van der Waals surface area (Å²) in [4.78, 5) is 16.5. The maximum Gasteiger partial charge on any atom is 1.00 e. The number of benzene rings is 3. The minimum Gasteiger partial charge on any atom is -0.778 e. The van der Waals surface area contributed by atoms with Crippen molar-refractivity contribution in [3.05, 3.63) is 78.3 Å². The summed E-state index contributed by atoms with van der Waals surface area (Å²) in [5.41, 5.74) is 4.61. The number of anilines is 3. The van der Waals surface area contributed by atoms with Crippen molar-refractivity contribution in [1.29, 1.82) is 0 Å². The number of hydrogen-bond acceptors (Lipinski definition) is 4. The van der Waals surface area contributed by atoms with E-state index in [2.05, 4.69) is 31.9 Å². The second-order valence-corrected chi connectivity index (χ2v) is 9.20. The molecule has 0 bridgehead atoms. The molecule has 0 radical (unpaired) electrons. The average Bonchev–Trinajstić information content (AvgIpc) is 2.85. The number of aromatic carboxylic acids is 1. The van der Waals surface area contributed by atoms with Gasteiger partial charge < -0.3 is 27.5 Å². The van der Waals surface area contributed by atoms with E-state index in [0.717, 1.165) is 54.1 Å². The Labute approximate surface area is 262 Å². The molecule has 1 heterocycles. The number of piperidine rings is 1. The molecule has 4 rings (SSSR count). The quantitative estimate of drug-likeness (QED) is 0.285. The fourth-order valence-corrected chi connectivity index (χ4v) is 4.49. The van der Waals surface area contributed by atoms with Crippen LogP contribution in [0.5, 0.6) is 0 Å². The summed E-state index contributed by atoms with van der Waals surface area (Å²) in [6.07, 6.45) is 4.71. The molecule has 3 aromatic rings. The molecule has 1 fully saturated rings. The summed E-state index contributed by atoms with van der Waals surface area (Å²) >= 11 is 11.9. The molecule has 180 valence electrons. The van der Waals surface area contributed by atoms with E-state index in [-0.39, 0.29) is 62.0 Å². The van der Waals surface area contributed by atoms with E-state index in [9.17, 15) is 9.90 Å². The van der Waals surface area contributed by atoms with Gasteiger partial charge in [0.2, 0.25) is 0 Å². The van der Waals surface area contributed by atoms with E-state index in [1.807, 2.05) is 47.4 Å². The molecule has 3 aromatic carbocycles. The van der Waals surface area contributed by atoms with E-state index in [1.165, 1.54) is 12.8 Å². The normalized spacial score (nSPS) is 12.7. The Morgan fingerprint density at radius 1 is 1.06 bits per heavy atom. The molecule has 1 N–H and O–H groups in total. The maximum atomic E-state index is 11.6. The number of hydrogen-bond donors (Lipinski definition) is 1. The number of halogens is 1. The first-order chi connectivity index (χ1) is 16.4. The predicted molar refractivity (Wildman–Crippen MR) is 145 cm³/mol. The Balaban J connectivity index is 0.00000103. The first-order valence-corrected chi connectivity index (χ1v) is 12.4. The van der Waals surface area contributed by atoms with Crippen molar-refractivity contribution < 1.29 is 61.3 Å². The maximum absolute atomic E-state index is 11.6. The summed E-state index contributed by atoms with van der Waals surface area (Å²) < 4.78 is 0. The second kappa shape index (κ2) is 14.6. The molecule has 0 atom stereocenters. The van der Waals surface area contributed by atoms with Gasteiger partial charge in [0.05, 0.1) is 10.6 Å². The van der Waals surface area contributed by atoms with Gasteiger partial charge in [-0.05, 0) is 60.8 Å². The van der Waals surface area contributed by atoms with E-state index in [1.54, 1.807) is 12.1 Å². The standard InChI is InChI=1S/C25H24ClN2O2S.C3H8.K/c1-27(18-8-4-2-5-9-18)23-16-22(28-12-6-3-7-13-28)19(15-24(23)31)17-10-11-21(26)20(14-17)25(29)30;1-3-2;/h2,4-5,8-11,14-16,31H,1,3,6-7,12-13H2,(H,29,30);3H2,1-2H3;/q-1;;+1/p-1. The van der Waals surface area contributed by atoms with Gasteiger partial charge in [-0.3, -0.25) is 7.05 Å². The van der Waals surface area contributed by atoms with Crippen LogP contribution in [0.1, 0.15) is 49.9 Å². The van der Waals surface area contributed by atoms with Gasteiger partial charge in [0.1, 0.15) is 0 Å². The number of carboxylic acid groups (broad SMARTS) is 1. The van der Waals surface area contributed by atoms with Crippen LogP contribution < -0.4 is 61.2 Å². The van der Waals surface area contributed by atoms with Crippen molar-refractivity contribution in [2.75, 3.05) is 22.9 Å². The predicted octanol–water partition coefficient (Wildman–Crippen LogP) is 4.95. The molecule has 0 aliphatic carbocycles. The zero-order valence-corrected chi connectivity index (χ0v) is 25.5. The zero-order chi connectivity index (χ0) is 24.7. The number of nitrogens with zero attached hydrogens (tertiary/aromatic N) is 2. The molecule has 7 heteroatoms. The van der Waals surface area contributed by atoms with Gasteiger partial charge in [-0.15, -0.1) is 0 Å². The number of carbonyl (C=O) groups is 1. The van der Waals surface area contributed by atoms with Gasteiger partial charge >= 0.3 is 57.4 Å². The van der Waals surface area contributed by atoms with Crippen LogP contribution in [-0.4, -0.2) is 24.2 Å². The van der Waals surface area contributed by atoms with Crippen LogP contribution in [0.4, 0.5) is 17.1 Å². The van der Waals surface area contributed by atoms with Crippen LogP contribution >= 0.6 is 11.6 Å². The van der Waals surface area contributed by atoms with E-state index in [0.29, 0.717) is 4.90 Å². The Kier molecular flexibility index (Phi) is 12.5. The molecule has 0 saturated carbocycles. The third-order valence-corrected chi connectivity index (χ3v) is 6.30. The molecule has 0 spiro atoms. The van der Waals surface area contributed by atoms with Crippen LogP contribution in [0.25, 0.3) is 11.1 Å². The van der Waals surface area contributed by atoms with Crippen molar-refractivity contribution in [3.63, 3.8) is 0 Å². The smallest absolute Gasteiger partial charge is 0.778 e. The molecule has 0 unspecified atom stereocenters. The van der Waals surface area contributed by atoms with Crippen molar-refractivity contribution in [2.45, 2.75) is 44.4 Å². The van der Waals surface area contributed by atoms with Gasteiger partial charge in [0.15, 0.2) is 0 Å². The average molecular weight is 534 g/mol. The fourth-order valence-electron chi connectivity index (χ4n) is 4.00. The largest absolute Gasteiger partial charge is 1.00 e. The van der Waals surface area contributed by atoms with Crippen molar-refractivity contribution in [1.82, 2.24) is 0 Å². The molecule has 35 heavy (non-hydrogen) atoms. The summed E-state index contributed by atoms with van der Waals surface area (Å²) in [5.74, 6) is -1.05. The summed E-state index contributed by atoms with van der Waals surface area (Å²) in [6.45, 7) is 6.15. The van der Waals surface area contributed by atoms with E-state index in [4.69, 9.17) is 24.2 Å². The molecule has 0 aromatic heterocycles. The molecule has 1 aliphatic rings. The van der Waals surface area contributed by atoms with Crippen LogP contribution in [0.3, 0.4) is 0 Å². The zero-order valence-electron chi connectivity index (χ0n) is 20.8. The van der Waals surface area contributed by atoms with Crippen LogP contribution in [-0.2, 0) is 12.6 Å². The van der Waals surface area contributed by atoms with Gasteiger partial charge in [-0.1, -0.05) is 62.2 Å². The minimum absolute atomic E-state index is 0.